The van der Waals surface area contributed by atoms with E-state index in [0.717, 1.165) is 29.7 Å². The highest BCUT2D eigenvalue weighted by molar-refractivity contribution is 5.75. The Balaban J connectivity index is 1.96. The van der Waals surface area contributed by atoms with Crippen LogP contribution in [0.25, 0.3) is 0 Å². The molecular weight excluding hydrogens is 226 g/mol. The van der Waals surface area contributed by atoms with Crippen LogP contribution in [0, 0.1) is 6.92 Å². The second-order valence-corrected chi connectivity index (χ2v) is 4.06. The van der Waals surface area contributed by atoms with Gasteiger partial charge in [-0.25, -0.2) is 0 Å². The quantitative estimate of drug-likeness (QED) is 0.756. The number of rotatable bonds is 5. The molecule has 0 N–H and O–H groups in total. The summed E-state index contributed by atoms with van der Waals surface area (Å²) >= 11 is 0. The van der Waals surface area contributed by atoms with E-state index in [9.17, 15) is 4.79 Å². The predicted octanol–water partition coefficient (Wildman–Crippen LogP) is 2.82. The van der Waals surface area contributed by atoms with Crippen molar-refractivity contribution in [3.05, 3.63) is 59.4 Å². The molecule has 0 atom stereocenters. The van der Waals surface area contributed by atoms with E-state index in [1.165, 1.54) is 0 Å². The lowest BCUT2D eigenvalue weighted by Crippen LogP contribution is -2.04. The third-order valence-electron chi connectivity index (χ3n) is 2.69. The Bertz CT molecular complexity index is 523. The summed E-state index contributed by atoms with van der Waals surface area (Å²) in [5.74, 6) is 0.760. The van der Waals surface area contributed by atoms with E-state index in [1.54, 1.807) is 18.3 Å². The number of pyridine rings is 1. The average Bonchev–Trinajstić information content (AvgIpc) is 2.42. The molecule has 3 heteroatoms. The summed E-state index contributed by atoms with van der Waals surface area (Å²) in [6.07, 6.45) is 3.35. The molecule has 0 bridgehead atoms. The lowest BCUT2D eigenvalue weighted by Gasteiger charge is -2.09. The molecule has 1 aromatic carbocycles. The zero-order valence-corrected chi connectivity index (χ0v) is 10.3. The topological polar surface area (TPSA) is 39.2 Å². The van der Waals surface area contributed by atoms with Gasteiger partial charge in [0.1, 0.15) is 12.0 Å². The number of benzene rings is 1. The van der Waals surface area contributed by atoms with Gasteiger partial charge in [0.15, 0.2) is 0 Å². The third-order valence-corrected chi connectivity index (χ3v) is 2.69. The van der Waals surface area contributed by atoms with Crippen LogP contribution in [0.4, 0.5) is 0 Å². The molecule has 0 saturated carbocycles. The van der Waals surface area contributed by atoms with Crippen molar-refractivity contribution < 1.29 is 9.53 Å². The highest BCUT2D eigenvalue weighted by Crippen LogP contribution is 2.18. The zero-order valence-electron chi connectivity index (χ0n) is 10.3. The third kappa shape index (κ3) is 3.17. The standard InChI is InChI=1S/C15H15NO2/c1-12-5-6-13(11-17)10-15(12)18-9-7-14-4-2-3-8-16-14/h2-6,8,10-11H,7,9H2,1H3. The molecule has 2 aromatic rings. The van der Waals surface area contributed by atoms with Gasteiger partial charge in [0, 0.05) is 23.9 Å². The number of carbonyl (C=O) groups is 1. The molecule has 0 aliphatic rings. The molecule has 0 fully saturated rings. The van der Waals surface area contributed by atoms with Gasteiger partial charge in [0.2, 0.25) is 0 Å². The normalized spacial score (nSPS) is 10.1. The smallest absolute Gasteiger partial charge is 0.150 e. The van der Waals surface area contributed by atoms with Crippen molar-refractivity contribution in [3.8, 4) is 5.75 Å². The van der Waals surface area contributed by atoms with Gasteiger partial charge in [0.25, 0.3) is 0 Å². The monoisotopic (exact) mass is 241 g/mol. The summed E-state index contributed by atoms with van der Waals surface area (Å²) in [5, 5.41) is 0. The molecular formula is C15H15NO2. The van der Waals surface area contributed by atoms with Crippen LogP contribution >= 0.6 is 0 Å². The van der Waals surface area contributed by atoms with Crippen LogP contribution in [0.2, 0.25) is 0 Å². The van der Waals surface area contributed by atoms with Gasteiger partial charge in [-0.3, -0.25) is 9.78 Å². The minimum atomic E-state index is 0.556. The summed E-state index contributed by atoms with van der Waals surface area (Å²) in [5.41, 5.74) is 2.66. The minimum Gasteiger partial charge on any atom is -0.493 e. The number of nitrogens with zero attached hydrogens (tertiary/aromatic N) is 1. The highest BCUT2D eigenvalue weighted by atomic mass is 16.5. The predicted molar refractivity (Wildman–Crippen MR) is 70.0 cm³/mol. The largest absolute Gasteiger partial charge is 0.493 e. The first kappa shape index (κ1) is 12.3. The van der Waals surface area contributed by atoms with Crippen molar-refractivity contribution in [2.45, 2.75) is 13.3 Å². The van der Waals surface area contributed by atoms with Crippen molar-refractivity contribution >= 4 is 6.29 Å². The fourth-order valence-electron chi connectivity index (χ4n) is 1.66. The first-order chi connectivity index (χ1) is 8.79. The molecule has 18 heavy (non-hydrogen) atoms. The van der Waals surface area contributed by atoms with E-state index in [1.807, 2.05) is 31.2 Å². The van der Waals surface area contributed by atoms with Crippen molar-refractivity contribution in [2.24, 2.45) is 0 Å². The van der Waals surface area contributed by atoms with E-state index < -0.39 is 0 Å². The molecule has 0 saturated heterocycles. The summed E-state index contributed by atoms with van der Waals surface area (Å²) in [4.78, 5) is 14.9. The van der Waals surface area contributed by atoms with Gasteiger partial charge in [-0.15, -0.1) is 0 Å². The average molecular weight is 241 g/mol. The minimum absolute atomic E-state index is 0.556. The molecule has 2 rings (SSSR count). The Morgan fingerprint density at radius 2 is 2.17 bits per heavy atom. The fraction of sp³-hybridized carbons (Fsp3) is 0.200. The molecule has 3 nitrogen and oxygen atoms in total. The number of aldehydes is 1. The SMILES string of the molecule is Cc1ccc(C=O)cc1OCCc1ccccn1. The number of hydrogen-bond donors (Lipinski definition) is 0. The molecule has 92 valence electrons. The van der Waals surface area contributed by atoms with Gasteiger partial charge in [-0.2, -0.15) is 0 Å². The molecule has 0 aliphatic carbocycles. The Morgan fingerprint density at radius 1 is 1.28 bits per heavy atom. The molecule has 0 aliphatic heterocycles. The zero-order chi connectivity index (χ0) is 12.8. The van der Waals surface area contributed by atoms with Crippen molar-refractivity contribution in [3.63, 3.8) is 0 Å². The first-order valence-corrected chi connectivity index (χ1v) is 5.88. The van der Waals surface area contributed by atoms with Gasteiger partial charge in [-0.05, 0) is 30.7 Å². The van der Waals surface area contributed by atoms with Crippen LogP contribution in [0.5, 0.6) is 5.75 Å². The Hall–Kier alpha value is -2.16. The highest BCUT2D eigenvalue weighted by Gasteiger charge is 2.02. The Labute approximate surface area is 106 Å². The first-order valence-electron chi connectivity index (χ1n) is 5.88. The molecule has 1 aromatic heterocycles. The molecule has 0 amide bonds. The number of carbonyl (C=O) groups excluding carboxylic acids is 1. The van der Waals surface area contributed by atoms with Gasteiger partial charge in [0.05, 0.1) is 6.61 Å². The van der Waals surface area contributed by atoms with Gasteiger partial charge < -0.3 is 4.74 Å². The number of hydrogen-bond acceptors (Lipinski definition) is 3. The van der Waals surface area contributed by atoms with E-state index in [4.69, 9.17) is 4.74 Å². The number of aromatic nitrogens is 1. The summed E-state index contributed by atoms with van der Waals surface area (Å²) in [6, 6.07) is 11.3. The van der Waals surface area contributed by atoms with Crippen LogP contribution in [0.1, 0.15) is 21.6 Å². The van der Waals surface area contributed by atoms with Crippen LogP contribution < -0.4 is 4.74 Å². The lowest BCUT2D eigenvalue weighted by atomic mass is 10.1. The van der Waals surface area contributed by atoms with Crippen LogP contribution in [-0.4, -0.2) is 17.9 Å². The van der Waals surface area contributed by atoms with Crippen molar-refractivity contribution in [1.29, 1.82) is 0 Å². The number of ether oxygens (including phenoxy) is 1. The van der Waals surface area contributed by atoms with E-state index in [-0.39, 0.29) is 0 Å². The van der Waals surface area contributed by atoms with Crippen LogP contribution in [-0.2, 0) is 6.42 Å². The summed E-state index contributed by atoms with van der Waals surface area (Å²) in [6.45, 7) is 2.52. The molecule has 0 spiro atoms. The maximum atomic E-state index is 10.7. The van der Waals surface area contributed by atoms with Crippen LogP contribution in [0.15, 0.2) is 42.6 Å². The van der Waals surface area contributed by atoms with Crippen LogP contribution in [0.3, 0.4) is 0 Å². The number of aryl methyl sites for hydroxylation is 1. The molecule has 0 unspecified atom stereocenters. The van der Waals surface area contributed by atoms with E-state index in [2.05, 4.69) is 4.98 Å². The Morgan fingerprint density at radius 3 is 2.89 bits per heavy atom. The van der Waals surface area contributed by atoms with E-state index >= 15 is 0 Å². The van der Waals surface area contributed by atoms with E-state index in [0.29, 0.717) is 12.2 Å². The fourth-order valence-corrected chi connectivity index (χ4v) is 1.66. The maximum Gasteiger partial charge on any atom is 0.150 e. The van der Waals surface area contributed by atoms with Crippen molar-refractivity contribution in [2.75, 3.05) is 6.61 Å². The maximum absolute atomic E-state index is 10.7. The summed E-state index contributed by atoms with van der Waals surface area (Å²) in [7, 11) is 0. The summed E-state index contributed by atoms with van der Waals surface area (Å²) < 4.78 is 5.68. The molecule has 1 heterocycles. The Kier molecular flexibility index (Phi) is 4.07. The second kappa shape index (κ2) is 5.96. The van der Waals surface area contributed by atoms with Crippen molar-refractivity contribution in [1.82, 2.24) is 4.98 Å². The molecule has 0 radical (unpaired) electrons. The lowest BCUT2D eigenvalue weighted by molar-refractivity contribution is 0.112. The van der Waals surface area contributed by atoms with Gasteiger partial charge in [-0.1, -0.05) is 18.2 Å². The second-order valence-electron chi connectivity index (χ2n) is 4.06. The van der Waals surface area contributed by atoms with Gasteiger partial charge >= 0.3 is 0 Å².